The minimum absolute atomic E-state index is 0.193. The van der Waals surface area contributed by atoms with Gasteiger partial charge in [0.2, 0.25) is 5.91 Å². The molecular weight excluding hydrogens is 336 g/mol. The van der Waals surface area contributed by atoms with E-state index in [0.29, 0.717) is 6.42 Å². The molecule has 0 aliphatic heterocycles. The van der Waals surface area contributed by atoms with E-state index in [1.807, 2.05) is 42.5 Å². The van der Waals surface area contributed by atoms with Crippen LogP contribution < -0.4 is 10.6 Å². The average Bonchev–Trinajstić information content (AvgIpc) is 2.71. The Hall–Kier alpha value is -2.43. The van der Waals surface area contributed by atoms with Crippen LogP contribution in [0.15, 0.2) is 42.5 Å². The molecule has 1 aromatic carbocycles. The Kier molecular flexibility index (Phi) is 9.93. The minimum Gasteiger partial charge on any atom is -0.369 e. The van der Waals surface area contributed by atoms with Crippen molar-refractivity contribution in [3.8, 4) is 11.3 Å². The highest BCUT2D eigenvalue weighted by atomic mass is 16.1. The van der Waals surface area contributed by atoms with Crippen molar-refractivity contribution in [1.82, 2.24) is 15.5 Å². The average molecular weight is 369 g/mol. The number of carbonyl (C=O) groups excluding carboxylic acids is 1. The van der Waals surface area contributed by atoms with Gasteiger partial charge in [-0.15, -0.1) is 10.2 Å². The third kappa shape index (κ3) is 8.67. The highest BCUT2D eigenvalue weighted by Crippen LogP contribution is 2.16. The van der Waals surface area contributed by atoms with Crippen molar-refractivity contribution in [2.45, 2.75) is 58.3 Å². The lowest BCUT2D eigenvalue weighted by atomic mass is 10.1. The highest BCUT2D eigenvalue weighted by Gasteiger charge is 2.01. The molecule has 5 nitrogen and oxygen atoms in total. The van der Waals surface area contributed by atoms with E-state index in [9.17, 15) is 4.79 Å². The minimum atomic E-state index is 0.193. The van der Waals surface area contributed by atoms with Crippen LogP contribution in [0.3, 0.4) is 0 Å². The van der Waals surface area contributed by atoms with Gasteiger partial charge in [0.05, 0.1) is 5.69 Å². The Morgan fingerprint density at radius 2 is 1.63 bits per heavy atom. The van der Waals surface area contributed by atoms with Crippen molar-refractivity contribution >= 4 is 11.7 Å². The number of amides is 1. The molecule has 0 aliphatic carbocycles. The number of hydrogen-bond acceptors (Lipinski definition) is 4. The Bertz CT molecular complexity index is 643. The van der Waals surface area contributed by atoms with Crippen LogP contribution >= 0.6 is 0 Å². The number of hydrogen-bond donors (Lipinski definition) is 2. The number of carbonyl (C=O) groups is 1. The summed E-state index contributed by atoms with van der Waals surface area (Å²) in [5, 5.41) is 14.8. The molecule has 1 aromatic heterocycles. The van der Waals surface area contributed by atoms with Gasteiger partial charge in [0, 0.05) is 25.1 Å². The molecule has 0 fully saturated rings. The van der Waals surface area contributed by atoms with E-state index in [4.69, 9.17) is 0 Å². The van der Waals surface area contributed by atoms with Crippen LogP contribution in [-0.4, -0.2) is 29.2 Å². The van der Waals surface area contributed by atoms with E-state index in [1.54, 1.807) is 0 Å². The summed E-state index contributed by atoms with van der Waals surface area (Å²) in [7, 11) is 0. The maximum atomic E-state index is 11.7. The zero-order valence-corrected chi connectivity index (χ0v) is 16.4. The lowest BCUT2D eigenvalue weighted by Gasteiger charge is -2.07. The van der Waals surface area contributed by atoms with Crippen LogP contribution in [0.5, 0.6) is 0 Å². The van der Waals surface area contributed by atoms with E-state index in [-0.39, 0.29) is 5.91 Å². The number of aromatic nitrogens is 2. The molecule has 27 heavy (non-hydrogen) atoms. The van der Waals surface area contributed by atoms with Gasteiger partial charge in [0.25, 0.3) is 0 Å². The fourth-order valence-corrected chi connectivity index (χ4v) is 2.86. The summed E-state index contributed by atoms with van der Waals surface area (Å²) in [5.74, 6) is 0.994. The van der Waals surface area contributed by atoms with Gasteiger partial charge in [0.1, 0.15) is 5.82 Å². The molecule has 0 unspecified atom stereocenters. The summed E-state index contributed by atoms with van der Waals surface area (Å²) in [4.78, 5) is 11.7. The van der Waals surface area contributed by atoms with Crippen LogP contribution in [0, 0.1) is 0 Å². The van der Waals surface area contributed by atoms with E-state index in [1.165, 1.54) is 12.8 Å². The molecular formula is C22H32N4O. The smallest absolute Gasteiger partial charge is 0.219 e. The van der Waals surface area contributed by atoms with Crippen LogP contribution in [0.1, 0.15) is 58.3 Å². The summed E-state index contributed by atoms with van der Waals surface area (Å²) in [6.45, 7) is 3.82. The van der Waals surface area contributed by atoms with Crippen LogP contribution in [0.2, 0.25) is 0 Å². The molecule has 0 aliphatic rings. The second-order valence-corrected chi connectivity index (χ2v) is 6.82. The highest BCUT2D eigenvalue weighted by molar-refractivity contribution is 5.75. The zero-order valence-electron chi connectivity index (χ0n) is 16.4. The van der Waals surface area contributed by atoms with E-state index >= 15 is 0 Å². The second-order valence-electron chi connectivity index (χ2n) is 6.82. The Balaban J connectivity index is 1.51. The molecule has 1 heterocycles. The van der Waals surface area contributed by atoms with Crippen LogP contribution in [0.4, 0.5) is 5.82 Å². The third-order valence-corrected chi connectivity index (χ3v) is 4.47. The van der Waals surface area contributed by atoms with Gasteiger partial charge in [-0.1, -0.05) is 56.5 Å². The fourth-order valence-electron chi connectivity index (χ4n) is 2.86. The number of anilines is 1. The van der Waals surface area contributed by atoms with Gasteiger partial charge in [0.15, 0.2) is 0 Å². The summed E-state index contributed by atoms with van der Waals surface area (Å²) in [6, 6.07) is 14.0. The first kappa shape index (κ1) is 20.9. The summed E-state index contributed by atoms with van der Waals surface area (Å²) >= 11 is 0. The predicted molar refractivity (Wildman–Crippen MR) is 112 cm³/mol. The monoisotopic (exact) mass is 368 g/mol. The molecule has 0 spiro atoms. The molecule has 1 amide bonds. The number of nitrogens with one attached hydrogen (secondary N) is 2. The molecule has 0 saturated heterocycles. The molecule has 0 radical (unpaired) electrons. The largest absolute Gasteiger partial charge is 0.369 e. The molecule has 2 N–H and O–H groups in total. The molecule has 2 rings (SSSR count). The molecule has 2 aromatic rings. The second kappa shape index (κ2) is 12.8. The van der Waals surface area contributed by atoms with Crippen LogP contribution in [0.25, 0.3) is 11.3 Å². The number of benzene rings is 1. The molecule has 146 valence electrons. The number of rotatable bonds is 13. The van der Waals surface area contributed by atoms with E-state index in [2.05, 4.69) is 27.8 Å². The standard InChI is InChI=1S/C22H32N4O/c1-2-3-4-9-14-22(27)24-18-11-6-10-17-23-21-16-15-20(25-26-21)19-12-7-5-8-13-19/h5,7-8,12-13,15-16H,2-4,6,9-11,14,17-18H2,1H3,(H,23,26)(H,24,27). The van der Waals surface area contributed by atoms with Gasteiger partial charge in [-0.3, -0.25) is 4.79 Å². The zero-order chi connectivity index (χ0) is 19.2. The third-order valence-electron chi connectivity index (χ3n) is 4.47. The van der Waals surface area contributed by atoms with E-state index in [0.717, 1.165) is 62.3 Å². The van der Waals surface area contributed by atoms with Gasteiger partial charge >= 0.3 is 0 Å². The first-order valence-corrected chi connectivity index (χ1v) is 10.2. The molecule has 0 atom stereocenters. The quantitative estimate of drug-likeness (QED) is 0.498. The van der Waals surface area contributed by atoms with Crippen molar-refractivity contribution in [2.24, 2.45) is 0 Å². The van der Waals surface area contributed by atoms with E-state index < -0.39 is 0 Å². The molecule has 0 bridgehead atoms. The number of unbranched alkanes of at least 4 members (excludes halogenated alkanes) is 5. The first-order chi connectivity index (χ1) is 13.3. The Morgan fingerprint density at radius 1 is 0.852 bits per heavy atom. The SMILES string of the molecule is CCCCCCC(=O)NCCCCCNc1ccc(-c2ccccc2)nn1. The summed E-state index contributed by atoms with van der Waals surface area (Å²) in [5.41, 5.74) is 1.95. The summed E-state index contributed by atoms with van der Waals surface area (Å²) < 4.78 is 0. The fraction of sp³-hybridized carbons (Fsp3) is 0.500. The maximum absolute atomic E-state index is 11.7. The topological polar surface area (TPSA) is 66.9 Å². The Morgan fingerprint density at radius 3 is 2.37 bits per heavy atom. The predicted octanol–water partition coefficient (Wildman–Crippen LogP) is 4.81. The Labute approximate surface area is 163 Å². The lowest BCUT2D eigenvalue weighted by Crippen LogP contribution is -2.24. The van der Waals surface area contributed by atoms with Gasteiger partial charge < -0.3 is 10.6 Å². The van der Waals surface area contributed by atoms with Gasteiger partial charge in [-0.2, -0.15) is 0 Å². The van der Waals surface area contributed by atoms with Crippen LogP contribution in [-0.2, 0) is 4.79 Å². The van der Waals surface area contributed by atoms with Gasteiger partial charge in [-0.05, 0) is 37.8 Å². The lowest BCUT2D eigenvalue weighted by molar-refractivity contribution is -0.121. The molecule has 5 heteroatoms. The van der Waals surface area contributed by atoms with Crippen molar-refractivity contribution in [2.75, 3.05) is 18.4 Å². The maximum Gasteiger partial charge on any atom is 0.219 e. The summed E-state index contributed by atoms with van der Waals surface area (Å²) in [6.07, 6.45) is 8.41. The van der Waals surface area contributed by atoms with Crippen molar-refractivity contribution < 1.29 is 4.79 Å². The molecule has 0 saturated carbocycles. The van der Waals surface area contributed by atoms with Gasteiger partial charge in [-0.25, -0.2) is 0 Å². The van der Waals surface area contributed by atoms with Crippen molar-refractivity contribution in [1.29, 1.82) is 0 Å². The van der Waals surface area contributed by atoms with Crippen molar-refractivity contribution in [3.05, 3.63) is 42.5 Å². The van der Waals surface area contributed by atoms with Crippen molar-refractivity contribution in [3.63, 3.8) is 0 Å². The first-order valence-electron chi connectivity index (χ1n) is 10.2. The normalized spacial score (nSPS) is 10.6. The number of nitrogens with zero attached hydrogens (tertiary/aromatic N) is 2.